The van der Waals surface area contributed by atoms with Crippen LogP contribution in [0, 0.1) is 17.2 Å². The fraction of sp³-hybridized carbons (Fsp3) is 0.417. The van der Waals surface area contributed by atoms with Crippen LogP contribution in [0.5, 0.6) is 0 Å². The van der Waals surface area contributed by atoms with E-state index >= 15 is 0 Å². The van der Waals surface area contributed by atoms with Crippen LogP contribution >= 0.6 is 0 Å². The molecule has 31 heavy (non-hydrogen) atoms. The van der Waals surface area contributed by atoms with Crippen molar-refractivity contribution in [3.05, 3.63) is 47.9 Å². The first-order valence-corrected chi connectivity index (χ1v) is 11.1. The molecule has 1 aromatic carbocycles. The number of benzene rings is 1. The summed E-state index contributed by atoms with van der Waals surface area (Å²) < 4.78 is 2.33. The summed E-state index contributed by atoms with van der Waals surface area (Å²) in [7, 11) is 0. The van der Waals surface area contributed by atoms with Gasteiger partial charge < -0.3 is 14.8 Å². The second-order valence-corrected chi connectivity index (χ2v) is 8.46. The van der Waals surface area contributed by atoms with Gasteiger partial charge in [0, 0.05) is 43.9 Å². The van der Waals surface area contributed by atoms with Crippen LogP contribution in [0.25, 0.3) is 11.0 Å². The zero-order chi connectivity index (χ0) is 21.2. The molecule has 1 amide bonds. The standard InChI is InChI=1S/C24H26N6O/c25-15-17-5-8-22(26-16-17)29-12-9-18(10-13-29)24(31)27-19-6-7-21-20(14-19)28-23-4-2-1-3-11-30(21)23/h5-8,14,16,18H,1-4,9-13H2,(H,27,31). The van der Waals surface area contributed by atoms with E-state index in [2.05, 4.69) is 31.9 Å². The number of aryl methyl sites for hydroxylation is 2. The van der Waals surface area contributed by atoms with E-state index in [-0.39, 0.29) is 11.8 Å². The molecule has 158 valence electrons. The molecule has 1 saturated heterocycles. The van der Waals surface area contributed by atoms with Crippen LogP contribution in [0.2, 0.25) is 0 Å². The van der Waals surface area contributed by atoms with Crippen LogP contribution in [0.4, 0.5) is 11.5 Å². The molecule has 1 N–H and O–H groups in total. The summed E-state index contributed by atoms with van der Waals surface area (Å²) in [6, 6.07) is 11.8. The molecule has 0 saturated carbocycles. The Balaban J connectivity index is 1.22. The zero-order valence-electron chi connectivity index (χ0n) is 17.5. The Kier molecular flexibility index (Phi) is 5.29. The summed E-state index contributed by atoms with van der Waals surface area (Å²) in [5, 5.41) is 12.0. The smallest absolute Gasteiger partial charge is 0.227 e. The van der Waals surface area contributed by atoms with E-state index in [1.54, 1.807) is 12.3 Å². The Morgan fingerprint density at radius 3 is 2.74 bits per heavy atom. The van der Waals surface area contributed by atoms with E-state index in [1.165, 1.54) is 25.1 Å². The van der Waals surface area contributed by atoms with Gasteiger partial charge in [-0.05, 0) is 56.0 Å². The van der Waals surface area contributed by atoms with Gasteiger partial charge in [-0.1, -0.05) is 6.42 Å². The highest BCUT2D eigenvalue weighted by Gasteiger charge is 2.26. The Hall–Kier alpha value is -3.40. The number of nitrogens with one attached hydrogen (secondary N) is 1. The van der Waals surface area contributed by atoms with Gasteiger partial charge in [0.25, 0.3) is 0 Å². The van der Waals surface area contributed by atoms with Crippen LogP contribution in [0.1, 0.15) is 43.5 Å². The first-order chi connectivity index (χ1) is 15.2. The van der Waals surface area contributed by atoms with Gasteiger partial charge in [-0.15, -0.1) is 0 Å². The maximum absolute atomic E-state index is 12.9. The van der Waals surface area contributed by atoms with E-state index in [1.807, 2.05) is 18.2 Å². The van der Waals surface area contributed by atoms with Crippen LogP contribution in [-0.2, 0) is 17.8 Å². The SMILES string of the molecule is N#Cc1ccc(N2CCC(C(=O)Nc3ccc4c(c3)nc3n4CCCCC3)CC2)nc1. The number of pyridine rings is 1. The van der Waals surface area contributed by atoms with Crippen LogP contribution in [0.3, 0.4) is 0 Å². The van der Waals surface area contributed by atoms with Crippen molar-refractivity contribution >= 4 is 28.4 Å². The molecule has 0 unspecified atom stereocenters. The van der Waals surface area contributed by atoms with Crippen molar-refractivity contribution in [1.82, 2.24) is 14.5 Å². The highest BCUT2D eigenvalue weighted by Crippen LogP contribution is 2.26. The second kappa shape index (κ2) is 8.38. The van der Waals surface area contributed by atoms with Gasteiger partial charge in [0.1, 0.15) is 17.7 Å². The molecule has 0 radical (unpaired) electrons. The number of imidazole rings is 1. The summed E-state index contributed by atoms with van der Waals surface area (Å²) in [5.74, 6) is 2.10. The summed E-state index contributed by atoms with van der Waals surface area (Å²) in [5.41, 5.74) is 3.51. The van der Waals surface area contributed by atoms with E-state index in [9.17, 15) is 4.79 Å². The van der Waals surface area contributed by atoms with Gasteiger partial charge in [0.2, 0.25) is 5.91 Å². The molecule has 2 aliphatic heterocycles. The van der Waals surface area contributed by atoms with Gasteiger partial charge in [-0.2, -0.15) is 5.26 Å². The largest absolute Gasteiger partial charge is 0.357 e. The fourth-order valence-electron chi connectivity index (χ4n) is 4.68. The number of nitriles is 1. The molecule has 7 nitrogen and oxygen atoms in total. The summed E-state index contributed by atoms with van der Waals surface area (Å²) >= 11 is 0. The molecule has 5 rings (SSSR count). The lowest BCUT2D eigenvalue weighted by molar-refractivity contribution is -0.120. The third kappa shape index (κ3) is 3.98. The number of hydrogen-bond acceptors (Lipinski definition) is 5. The molecule has 1 fully saturated rings. The third-order valence-corrected chi connectivity index (χ3v) is 6.44. The summed E-state index contributed by atoms with van der Waals surface area (Å²) in [4.78, 5) is 24.2. The van der Waals surface area contributed by atoms with Crippen molar-refractivity contribution in [2.45, 2.75) is 45.1 Å². The molecule has 0 spiro atoms. The van der Waals surface area contributed by atoms with Crippen molar-refractivity contribution in [2.24, 2.45) is 5.92 Å². The summed E-state index contributed by atoms with van der Waals surface area (Å²) in [6.45, 7) is 2.60. The topological polar surface area (TPSA) is 86.8 Å². The quantitative estimate of drug-likeness (QED) is 0.703. The van der Waals surface area contributed by atoms with E-state index in [0.29, 0.717) is 5.56 Å². The van der Waals surface area contributed by atoms with E-state index < -0.39 is 0 Å². The molecule has 0 aliphatic carbocycles. The molecule has 0 atom stereocenters. The number of hydrogen-bond donors (Lipinski definition) is 1. The third-order valence-electron chi connectivity index (χ3n) is 6.44. The Labute approximate surface area is 181 Å². The molecule has 7 heteroatoms. The Morgan fingerprint density at radius 2 is 1.97 bits per heavy atom. The number of aromatic nitrogens is 3. The normalized spacial score (nSPS) is 17.1. The first kappa shape index (κ1) is 19.6. The number of anilines is 2. The van der Waals surface area contributed by atoms with Crippen molar-refractivity contribution in [3.8, 4) is 6.07 Å². The van der Waals surface area contributed by atoms with Gasteiger partial charge >= 0.3 is 0 Å². The molecule has 2 aliphatic rings. The highest BCUT2D eigenvalue weighted by molar-refractivity contribution is 5.94. The average Bonchev–Trinajstić information content (AvgIpc) is 2.98. The van der Waals surface area contributed by atoms with Crippen molar-refractivity contribution in [2.75, 3.05) is 23.3 Å². The van der Waals surface area contributed by atoms with Crippen LogP contribution in [-0.4, -0.2) is 33.5 Å². The van der Waals surface area contributed by atoms with E-state index in [4.69, 9.17) is 10.2 Å². The number of carbonyl (C=O) groups is 1. The lowest BCUT2D eigenvalue weighted by atomic mass is 9.95. The van der Waals surface area contributed by atoms with Crippen LogP contribution in [0.15, 0.2) is 36.5 Å². The predicted octanol–water partition coefficient (Wildman–Crippen LogP) is 3.88. The number of nitrogens with zero attached hydrogens (tertiary/aromatic N) is 5. The molecule has 4 heterocycles. The van der Waals surface area contributed by atoms with Gasteiger partial charge in [0.05, 0.1) is 16.6 Å². The van der Waals surface area contributed by atoms with Crippen molar-refractivity contribution in [1.29, 1.82) is 5.26 Å². The average molecular weight is 415 g/mol. The number of rotatable bonds is 3. The molecular formula is C24H26N6O. The minimum atomic E-state index is -0.0101. The monoisotopic (exact) mass is 414 g/mol. The summed E-state index contributed by atoms with van der Waals surface area (Å²) in [6.07, 6.45) is 7.86. The van der Waals surface area contributed by atoms with Gasteiger partial charge in [0.15, 0.2) is 0 Å². The maximum atomic E-state index is 12.9. The Bertz CT molecular complexity index is 1140. The molecular weight excluding hydrogens is 388 g/mol. The lowest BCUT2D eigenvalue weighted by Crippen LogP contribution is -2.38. The molecule has 0 bridgehead atoms. The van der Waals surface area contributed by atoms with Crippen LogP contribution < -0.4 is 10.2 Å². The maximum Gasteiger partial charge on any atom is 0.227 e. The molecule has 2 aromatic heterocycles. The van der Waals surface area contributed by atoms with Gasteiger partial charge in [-0.3, -0.25) is 4.79 Å². The zero-order valence-corrected chi connectivity index (χ0v) is 17.5. The molecule has 3 aromatic rings. The fourth-order valence-corrected chi connectivity index (χ4v) is 4.68. The Morgan fingerprint density at radius 1 is 1.10 bits per heavy atom. The predicted molar refractivity (Wildman–Crippen MR) is 120 cm³/mol. The minimum Gasteiger partial charge on any atom is -0.357 e. The number of piperidine rings is 1. The number of fused-ring (bicyclic) bond motifs is 3. The van der Waals surface area contributed by atoms with Crippen molar-refractivity contribution in [3.63, 3.8) is 0 Å². The highest BCUT2D eigenvalue weighted by atomic mass is 16.1. The lowest BCUT2D eigenvalue weighted by Gasteiger charge is -2.32. The van der Waals surface area contributed by atoms with Crippen molar-refractivity contribution < 1.29 is 4.79 Å². The number of amides is 1. The van der Waals surface area contributed by atoms with E-state index in [0.717, 1.165) is 61.4 Å². The first-order valence-electron chi connectivity index (χ1n) is 11.1. The number of carbonyl (C=O) groups excluding carboxylic acids is 1. The van der Waals surface area contributed by atoms with Gasteiger partial charge in [-0.25, -0.2) is 9.97 Å². The minimum absolute atomic E-state index is 0.0101. The second-order valence-electron chi connectivity index (χ2n) is 8.46.